The van der Waals surface area contributed by atoms with Crippen molar-refractivity contribution in [2.24, 2.45) is 0 Å². The molecule has 2 heterocycles. The molecule has 1 fully saturated rings. The number of allylic oxidation sites excluding steroid dienone is 3. The van der Waals surface area contributed by atoms with Crippen LogP contribution in [0.3, 0.4) is 0 Å². The Morgan fingerprint density at radius 2 is 1.87 bits per heavy atom. The van der Waals surface area contributed by atoms with Crippen molar-refractivity contribution >= 4 is 23.2 Å². The van der Waals surface area contributed by atoms with Gasteiger partial charge in [-0.15, -0.1) is 10.8 Å². The first kappa shape index (κ1) is 18.0. The number of carbonyl (C=O) groups excluding carboxylic acids is 1. The molecule has 0 bridgehead atoms. The highest BCUT2D eigenvalue weighted by Crippen LogP contribution is 2.37. The number of hydrogen-bond donors (Lipinski definition) is 0. The van der Waals surface area contributed by atoms with Crippen LogP contribution >= 0.6 is 0 Å². The van der Waals surface area contributed by atoms with E-state index < -0.39 is 6.04 Å². The lowest BCUT2D eigenvalue weighted by atomic mass is 9.92. The second-order valence-electron chi connectivity index (χ2n) is 7.06. The molecule has 2 aliphatic rings. The number of aromatic nitrogens is 3. The number of β-lactam (4-membered cyclic amide) rings is 1. The number of benzene rings is 2. The number of hydrogen-bond acceptors (Lipinski definition) is 3. The SMILES string of the molecule is O=C1[C@@H](n2cc(C3=C=CC=C3)nn2)[C@@H](/C=C/c2ccccc2)N1c1ccc(F)cc1. The fraction of sp³-hybridized carbons (Fsp3) is 0.0833. The van der Waals surface area contributed by atoms with Crippen molar-refractivity contribution in [3.63, 3.8) is 0 Å². The molecule has 5 rings (SSSR count). The molecule has 30 heavy (non-hydrogen) atoms. The minimum absolute atomic E-state index is 0.118. The second kappa shape index (κ2) is 7.43. The van der Waals surface area contributed by atoms with Crippen molar-refractivity contribution in [1.29, 1.82) is 0 Å². The molecule has 3 aromatic rings. The van der Waals surface area contributed by atoms with Crippen LogP contribution in [0.5, 0.6) is 0 Å². The smallest absolute Gasteiger partial charge is 0.255 e. The average molecular weight is 396 g/mol. The third-order valence-electron chi connectivity index (χ3n) is 5.17. The molecule has 1 amide bonds. The van der Waals surface area contributed by atoms with E-state index in [1.54, 1.807) is 27.9 Å². The van der Waals surface area contributed by atoms with E-state index in [4.69, 9.17) is 0 Å². The molecule has 0 N–H and O–H groups in total. The van der Waals surface area contributed by atoms with E-state index in [0.29, 0.717) is 11.4 Å². The summed E-state index contributed by atoms with van der Waals surface area (Å²) in [6, 6.07) is 15.0. The summed E-state index contributed by atoms with van der Waals surface area (Å²) in [4.78, 5) is 14.7. The monoisotopic (exact) mass is 396 g/mol. The molecule has 1 saturated heterocycles. The van der Waals surface area contributed by atoms with Crippen molar-refractivity contribution in [2.75, 3.05) is 4.90 Å². The Kier molecular flexibility index (Phi) is 4.46. The molecule has 146 valence electrons. The standard InChI is InChI=1S/C24H17FN4O/c25-19-11-13-20(14-12-19)29-22(15-10-17-6-2-1-3-7-17)23(24(29)30)28-16-21(26-27-28)18-8-4-5-9-18/h1-8,10-16,22-23H/b15-10+/t22-,23+/m1/s1. The number of carbonyl (C=O) groups is 1. The molecule has 0 unspecified atom stereocenters. The van der Waals surface area contributed by atoms with Gasteiger partial charge in [0.1, 0.15) is 11.5 Å². The number of halogens is 1. The van der Waals surface area contributed by atoms with Crippen LogP contribution in [-0.2, 0) is 4.79 Å². The summed E-state index contributed by atoms with van der Waals surface area (Å²) in [5.41, 5.74) is 6.26. The zero-order chi connectivity index (χ0) is 20.5. The maximum atomic E-state index is 13.4. The van der Waals surface area contributed by atoms with Crippen LogP contribution in [0, 0.1) is 5.82 Å². The minimum atomic E-state index is -0.522. The molecule has 1 aliphatic carbocycles. The second-order valence-corrected chi connectivity index (χ2v) is 7.06. The third kappa shape index (κ3) is 3.19. The summed E-state index contributed by atoms with van der Waals surface area (Å²) in [6.45, 7) is 0. The zero-order valence-corrected chi connectivity index (χ0v) is 15.9. The molecule has 6 heteroatoms. The lowest BCUT2D eigenvalue weighted by molar-refractivity contribution is -0.128. The van der Waals surface area contributed by atoms with Gasteiger partial charge in [-0.2, -0.15) is 0 Å². The number of amides is 1. The fourth-order valence-electron chi connectivity index (χ4n) is 3.66. The predicted molar refractivity (Wildman–Crippen MR) is 113 cm³/mol. The molecule has 5 nitrogen and oxygen atoms in total. The van der Waals surface area contributed by atoms with Gasteiger partial charge < -0.3 is 4.90 Å². The van der Waals surface area contributed by atoms with Crippen LogP contribution in [-0.4, -0.2) is 26.9 Å². The predicted octanol–water partition coefficient (Wildman–Crippen LogP) is 4.20. The molecule has 2 atom stereocenters. The fourth-order valence-corrected chi connectivity index (χ4v) is 3.66. The molecule has 0 saturated carbocycles. The summed E-state index contributed by atoms with van der Waals surface area (Å²) in [5.74, 6) is -0.459. The number of rotatable bonds is 5. The van der Waals surface area contributed by atoms with E-state index in [1.807, 2.05) is 60.7 Å². The van der Waals surface area contributed by atoms with Gasteiger partial charge in [-0.1, -0.05) is 53.8 Å². The van der Waals surface area contributed by atoms with E-state index in [0.717, 1.165) is 11.1 Å². The molecule has 1 aromatic heterocycles. The largest absolute Gasteiger partial charge is 0.301 e. The lowest BCUT2D eigenvalue weighted by Crippen LogP contribution is -2.61. The van der Waals surface area contributed by atoms with Gasteiger partial charge in [0, 0.05) is 11.3 Å². The van der Waals surface area contributed by atoms with Gasteiger partial charge in [-0.05, 0) is 42.0 Å². The normalized spacial score (nSPS) is 20.1. The summed E-state index contributed by atoms with van der Waals surface area (Å²) in [7, 11) is 0. The molecule has 2 aromatic carbocycles. The Morgan fingerprint density at radius 3 is 2.60 bits per heavy atom. The first-order valence-electron chi connectivity index (χ1n) is 9.58. The van der Waals surface area contributed by atoms with Crippen molar-refractivity contribution < 1.29 is 9.18 Å². The quantitative estimate of drug-likeness (QED) is 0.480. The minimum Gasteiger partial charge on any atom is -0.301 e. The van der Waals surface area contributed by atoms with E-state index in [2.05, 4.69) is 16.0 Å². The molecular formula is C24H17FN4O. The highest BCUT2D eigenvalue weighted by molar-refractivity contribution is 6.05. The summed E-state index contributed by atoms with van der Waals surface area (Å²) in [5, 5.41) is 8.39. The summed E-state index contributed by atoms with van der Waals surface area (Å²) in [6.07, 6.45) is 11.3. The number of nitrogens with zero attached hydrogens (tertiary/aromatic N) is 4. The third-order valence-corrected chi connectivity index (χ3v) is 5.17. The Hall–Kier alpha value is -4.02. The van der Waals surface area contributed by atoms with Gasteiger partial charge in [0.2, 0.25) is 0 Å². The van der Waals surface area contributed by atoms with Crippen molar-refractivity contribution in [1.82, 2.24) is 15.0 Å². The average Bonchev–Trinajstić information content (AvgIpc) is 3.45. The van der Waals surface area contributed by atoms with Gasteiger partial charge in [-0.25, -0.2) is 9.07 Å². The van der Waals surface area contributed by atoms with E-state index in [-0.39, 0.29) is 17.8 Å². The number of anilines is 1. The summed E-state index contributed by atoms with van der Waals surface area (Å²) < 4.78 is 15.0. The van der Waals surface area contributed by atoms with Crippen LogP contribution in [0.4, 0.5) is 10.1 Å². The molecular weight excluding hydrogens is 379 g/mol. The molecule has 0 radical (unpaired) electrons. The van der Waals surface area contributed by atoms with Gasteiger partial charge in [0.15, 0.2) is 6.04 Å². The first-order valence-corrected chi connectivity index (χ1v) is 9.58. The van der Waals surface area contributed by atoms with E-state index in [1.165, 1.54) is 12.1 Å². The Morgan fingerprint density at radius 1 is 1.07 bits per heavy atom. The maximum absolute atomic E-state index is 13.4. The van der Waals surface area contributed by atoms with Crippen LogP contribution in [0.15, 0.2) is 90.8 Å². The summed E-state index contributed by atoms with van der Waals surface area (Å²) >= 11 is 0. The maximum Gasteiger partial charge on any atom is 0.255 e. The zero-order valence-electron chi connectivity index (χ0n) is 15.9. The first-order chi connectivity index (χ1) is 14.7. The Labute approximate surface area is 172 Å². The highest BCUT2D eigenvalue weighted by atomic mass is 19.1. The van der Waals surface area contributed by atoms with E-state index >= 15 is 0 Å². The van der Waals surface area contributed by atoms with Crippen molar-refractivity contribution in [2.45, 2.75) is 12.1 Å². The van der Waals surface area contributed by atoms with Crippen LogP contribution in [0.2, 0.25) is 0 Å². The van der Waals surface area contributed by atoms with Gasteiger partial charge in [0.25, 0.3) is 5.91 Å². The van der Waals surface area contributed by atoms with Gasteiger partial charge in [0.05, 0.1) is 12.2 Å². The van der Waals surface area contributed by atoms with Crippen LogP contribution in [0.25, 0.3) is 11.6 Å². The van der Waals surface area contributed by atoms with Gasteiger partial charge in [-0.3, -0.25) is 4.79 Å². The van der Waals surface area contributed by atoms with Gasteiger partial charge >= 0.3 is 0 Å². The Balaban J connectivity index is 1.48. The molecule has 1 aliphatic heterocycles. The topological polar surface area (TPSA) is 51.0 Å². The van der Waals surface area contributed by atoms with Crippen LogP contribution in [0.1, 0.15) is 17.3 Å². The highest BCUT2D eigenvalue weighted by Gasteiger charge is 2.48. The molecule has 0 spiro atoms. The Bertz CT molecular complexity index is 1220. The lowest BCUT2D eigenvalue weighted by Gasteiger charge is -2.45. The van der Waals surface area contributed by atoms with Crippen molar-refractivity contribution in [3.05, 3.63) is 108 Å². The van der Waals surface area contributed by atoms with E-state index in [9.17, 15) is 9.18 Å². The van der Waals surface area contributed by atoms with Crippen LogP contribution < -0.4 is 4.90 Å². The van der Waals surface area contributed by atoms with Crippen molar-refractivity contribution in [3.8, 4) is 0 Å².